The summed E-state index contributed by atoms with van der Waals surface area (Å²) in [7, 11) is 0. The predicted octanol–water partition coefficient (Wildman–Crippen LogP) is 4.48. The highest BCUT2D eigenvalue weighted by atomic mass is 14.9. The Labute approximate surface area is 109 Å². The first-order valence-corrected chi connectivity index (χ1v) is 6.84. The van der Waals surface area contributed by atoms with Crippen LogP contribution in [0.15, 0.2) is 30.5 Å². The summed E-state index contributed by atoms with van der Waals surface area (Å²) >= 11 is 0. The largest absolute Gasteiger partial charge is 0.347 e. The molecule has 0 bridgehead atoms. The third kappa shape index (κ3) is 2.92. The molecule has 0 aliphatic carbocycles. The summed E-state index contributed by atoms with van der Waals surface area (Å²) in [4.78, 5) is 0. The Kier molecular flexibility index (Phi) is 4.41. The number of rotatable bonds is 6. The van der Waals surface area contributed by atoms with E-state index in [4.69, 9.17) is 5.26 Å². The molecule has 0 aliphatic heterocycles. The third-order valence-corrected chi connectivity index (χ3v) is 3.40. The molecule has 0 N–H and O–H groups in total. The third-order valence-electron chi connectivity index (χ3n) is 3.40. The Hall–Kier alpha value is -1.75. The summed E-state index contributed by atoms with van der Waals surface area (Å²) in [5, 5.41) is 10.0. The summed E-state index contributed by atoms with van der Waals surface area (Å²) < 4.78 is 2.29. The average molecular weight is 240 g/mol. The topological polar surface area (TPSA) is 28.7 Å². The smallest absolute Gasteiger partial charge is 0.0991 e. The summed E-state index contributed by atoms with van der Waals surface area (Å²) in [6, 6.07) is 10.2. The van der Waals surface area contributed by atoms with Gasteiger partial charge in [-0.2, -0.15) is 5.26 Å². The van der Waals surface area contributed by atoms with E-state index in [1.807, 2.05) is 12.1 Å². The molecule has 0 fully saturated rings. The van der Waals surface area contributed by atoms with Gasteiger partial charge in [0.25, 0.3) is 0 Å². The van der Waals surface area contributed by atoms with Crippen molar-refractivity contribution in [3.8, 4) is 6.07 Å². The standard InChI is InChI=1S/C16H20N2/c1-2-3-4-5-6-10-18-11-9-15-12-14(13-17)7-8-16(15)18/h7-9,11-12H,2-6,10H2,1H3. The van der Waals surface area contributed by atoms with E-state index in [0.29, 0.717) is 0 Å². The van der Waals surface area contributed by atoms with Crippen LogP contribution in [0.1, 0.15) is 44.6 Å². The van der Waals surface area contributed by atoms with Gasteiger partial charge in [-0.3, -0.25) is 0 Å². The molecule has 2 heteroatoms. The lowest BCUT2D eigenvalue weighted by Gasteiger charge is -2.05. The summed E-state index contributed by atoms with van der Waals surface area (Å²) in [6.45, 7) is 3.32. The maximum atomic E-state index is 8.87. The van der Waals surface area contributed by atoms with Crippen molar-refractivity contribution in [1.82, 2.24) is 4.57 Å². The van der Waals surface area contributed by atoms with Crippen molar-refractivity contribution in [2.24, 2.45) is 0 Å². The number of nitrogens with zero attached hydrogens (tertiary/aromatic N) is 2. The van der Waals surface area contributed by atoms with E-state index in [0.717, 1.165) is 12.1 Å². The van der Waals surface area contributed by atoms with Crippen molar-refractivity contribution in [3.05, 3.63) is 36.0 Å². The Morgan fingerprint density at radius 3 is 2.72 bits per heavy atom. The van der Waals surface area contributed by atoms with Gasteiger partial charge >= 0.3 is 0 Å². The molecule has 0 amide bonds. The molecule has 0 saturated heterocycles. The number of aryl methyl sites for hydroxylation is 1. The normalized spacial score (nSPS) is 10.7. The highest BCUT2D eigenvalue weighted by molar-refractivity contribution is 5.81. The van der Waals surface area contributed by atoms with Gasteiger partial charge in [-0.1, -0.05) is 32.6 Å². The number of nitriles is 1. The van der Waals surface area contributed by atoms with Crippen molar-refractivity contribution >= 4 is 10.9 Å². The van der Waals surface area contributed by atoms with E-state index in [1.165, 1.54) is 43.0 Å². The summed E-state index contributed by atoms with van der Waals surface area (Å²) in [6.07, 6.45) is 8.66. The second-order valence-corrected chi connectivity index (χ2v) is 4.81. The second kappa shape index (κ2) is 6.26. The average Bonchev–Trinajstić information content (AvgIpc) is 2.81. The van der Waals surface area contributed by atoms with Crippen LogP contribution >= 0.6 is 0 Å². The number of hydrogen-bond acceptors (Lipinski definition) is 1. The molecule has 1 aromatic carbocycles. The van der Waals surface area contributed by atoms with Crippen molar-refractivity contribution in [2.75, 3.05) is 0 Å². The van der Waals surface area contributed by atoms with Crippen molar-refractivity contribution in [2.45, 2.75) is 45.6 Å². The minimum atomic E-state index is 0.739. The molecule has 0 radical (unpaired) electrons. The monoisotopic (exact) mass is 240 g/mol. The molecule has 1 aromatic heterocycles. The second-order valence-electron chi connectivity index (χ2n) is 4.81. The fourth-order valence-electron chi connectivity index (χ4n) is 2.35. The summed E-state index contributed by atoms with van der Waals surface area (Å²) in [5.74, 6) is 0. The van der Waals surface area contributed by atoms with Gasteiger partial charge in [0.1, 0.15) is 0 Å². The van der Waals surface area contributed by atoms with E-state index in [9.17, 15) is 0 Å². The van der Waals surface area contributed by atoms with Gasteiger partial charge in [-0.15, -0.1) is 0 Å². The molecular weight excluding hydrogens is 220 g/mol. The van der Waals surface area contributed by atoms with E-state index in [2.05, 4.69) is 35.9 Å². The fraction of sp³-hybridized carbons (Fsp3) is 0.438. The first kappa shape index (κ1) is 12.7. The lowest BCUT2D eigenvalue weighted by Crippen LogP contribution is -1.95. The van der Waals surface area contributed by atoms with Gasteiger partial charge in [-0.05, 0) is 30.7 Å². The van der Waals surface area contributed by atoms with Gasteiger partial charge in [0.05, 0.1) is 11.6 Å². The molecule has 2 aromatic rings. The zero-order chi connectivity index (χ0) is 12.8. The molecule has 1 heterocycles. The molecule has 0 atom stereocenters. The molecule has 18 heavy (non-hydrogen) atoms. The minimum absolute atomic E-state index is 0.739. The van der Waals surface area contributed by atoms with Crippen LogP contribution in [0.3, 0.4) is 0 Å². The van der Waals surface area contributed by atoms with Crippen LogP contribution in [0.2, 0.25) is 0 Å². The van der Waals surface area contributed by atoms with Crippen molar-refractivity contribution < 1.29 is 0 Å². The number of benzene rings is 1. The van der Waals surface area contributed by atoms with E-state index >= 15 is 0 Å². The fourth-order valence-corrected chi connectivity index (χ4v) is 2.35. The molecular formula is C16H20N2. The zero-order valence-corrected chi connectivity index (χ0v) is 11.0. The lowest BCUT2D eigenvalue weighted by molar-refractivity contribution is 0.577. The SMILES string of the molecule is CCCCCCCn1ccc2cc(C#N)ccc21. The van der Waals surface area contributed by atoms with E-state index in [1.54, 1.807) is 0 Å². The Morgan fingerprint density at radius 2 is 1.94 bits per heavy atom. The van der Waals surface area contributed by atoms with Gasteiger partial charge in [0.15, 0.2) is 0 Å². The first-order chi connectivity index (χ1) is 8.85. The van der Waals surface area contributed by atoms with Crippen molar-refractivity contribution in [1.29, 1.82) is 5.26 Å². The number of fused-ring (bicyclic) bond motifs is 1. The maximum Gasteiger partial charge on any atom is 0.0991 e. The van der Waals surface area contributed by atoms with Crippen LogP contribution < -0.4 is 0 Å². The number of aromatic nitrogens is 1. The van der Waals surface area contributed by atoms with E-state index in [-0.39, 0.29) is 0 Å². The highest BCUT2D eigenvalue weighted by Gasteiger charge is 2.01. The van der Waals surface area contributed by atoms with Gasteiger partial charge in [0.2, 0.25) is 0 Å². The molecule has 2 nitrogen and oxygen atoms in total. The Morgan fingerprint density at radius 1 is 1.11 bits per heavy atom. The van der Waals surface area contributed by atoms with Crippen LogP contribution in [0.25, 0.3) is 10.9 Å². The maximum absolute atomic E-state index is 8.87. The van der Waals surface area contributed by atoms with Gasteiger partial charge in [-0.25, -0.2) is 0 Å². The van der Waals surface area contributed by atoms with Crippen LogP contribution in [-0.4, -0.2) is 4.57 Å². The number of hydrogen-bond donors (Lipinski definition) is 0. The first-order valence-electron chi connectivity index (χ1n) is 6.84. The molecule has 0 saturated carbocycles. The molecule has 2 rings (SSSR count). The molecule has 94 valence electrons. The quantitative estimate of drug-likeness (QED) is 0.684. The zero-order valence-electron chi connectivity index (χ0n) is 11.0. The van der Waals surface area contributed by atoms with Gasteiger partial charge < -0.3 is 4.57 Å². The molecule has 0 aliphatic rings. The number of unbranched alkanes of at least 4 members (excludes halogenated alkanes) is 4. The van der Waals surface area contributed by atoms with Crippen LogP contribution in [-0.2, 0) is 6.54 Å². The lowest BCUT2D eigenvalue weighted by atomic mass is 10.1. The van der Waals surface area contributed by atoms with Crippen LogP contribution in [0.5, 0.6) is 0 Å². The van der Waals surface area contributed by atoms with Crippen molar-refractivity contribution in [3.63, 3.8) is 0 Å². The van der Waals surface area contributed by atoms with Crippen LogP contribution in [0.4, 0.5) is 0 Å². The Bertz CT molecular complexity index is 546. The molecule has 0 spiro atoms. The Balaban J connectivity index is 1.99. The molecule has 0 unspecified atom stereocenters. The van der Waals surface area contributed by atoms with Gasteiger partial charge in [0, 0.05) is 23.6 Å². The predicted molar refractivity (Wildman–Crippen MR) is 75.4 cm³/mol. The summed E-state index contributed by atoms with van der Waals surface area (Å²) in [5.41, 5.74) is 1.98. The van der Waals surface area contributed by atoms with Crippen LogP contribution in [0, 0.1) is 11.3 Å². The van der Waals surface area contributed by atoms with E-state index < -0.39 is 0 Å². The minimum Gasteiger partial charge on any atom is -0.347 e. The highest BCUT2D eigenvalue weighted by Crippen LogP contribution is 2.18.